The summed E-state index contributed by atoms with van der Waals surface area (Å²) in [4.78, 5) is 48.9. The SMILES string of the molecule is COC(=O)c1ccccc1NC(=O)COC(=O)C[C@@H]1Sc2ccccc2NC1=O. The maximum Gasteiger partial charge on any atom is 0.339 e. The van der Waals surface area contributed by atoms with Crippen LogP contribution in [0.1, 0.15) is 16.8 Å². The van der Waals surface area contributed by atoms with Crippen LogP contribution >= 0.6 is 11.8 Å². The van der Waals surface area contributed by atoms with Gasteiger partial charge in [-0.3, -0.25) is 14.4 Å². The van der Waals surface area contributed by atoms with Crippen LogP contribution in [0.5, 0.6) is 0 Å². The average Bonchev–Trinajstić information content (AvgIpc) is 2.72. The maximum absolute atomic E-state index is 12.1. The zero-order chi connectivity index (χ0) is 20.8. The number of para-hydroxylation sites is 2. The van der Waals surface area contributed by atoms with Crippen molar-refractivity contribution in [2.45, 2.75) is 16.6 Å². The van der Waals surface area contributed by atoms with Gasteiger partial charge in [0.05, 0.1) is 35.7 Å². The average molecular weight is 414 g/mol. The fraction of sp³-hybridized carbons (Fsp3) is 0.200. The number of rotatable bonds is 6. The van der Waals surface area contributed by atoms with Gasteiger partial charge in [-0.15, -0.1) is 11.8 Å². The molecule has 0 fully saturated rings. The lowest BCUT2D eigenvalue weighted by Crippen LogP contribution is -2.32. The maximum atomic E-state index is 12.1. The van der Waals surface area contributed by atoms with Crippen LogP contribution in [-0.2, 0) is 23.9 Å². The molecule has 2 aromatic rings. The molecule has 0 spiro atoms. The van der Waals surface area contributed by atoms with E-state index in [1.54, 1.807) is 18.2 Å². The lowest BCUT2D eigenvalue weighted by molar-refractivity contribution is -0.147. The Balaban J connectivity index is 1.52. The normalized spacial score (nSPS) is 14.9. The van der Waals surface area contributed by atoms with Crippen LogP contribution in [0.3, 0.4) is 0 Å². The van der Waals surface area contributed by atoms with E-state index in [1.807, 2.05) is 18.2 Å². The van der Waals surface area contributed by atoms with E-state index >= 15 is 0 Å². The summed E-state index contributed by atoms with van der Waals surface area (Å²) in [6.45, 7) is -0.538. The zero-order valence-electron chi connectivity index (χ0n) is 15.5. The van der Waals surface area contributed by atoms with E-state index in [4.69, 9.17) is 4.74 Å². The summed E-state index contributed by atoms with van der Waals surface area (Å²) in [5, 5.41) is 4.61. The number of amides is 2. The number of carbonyl (C=O) groups is 4. The molecular formula is C20H18N2O6S. The second-order valence-corrected chi connectivity index (χ2v) is 7.29. The minimum Gasteiger partial charge on any atom is -0.465 e. The van der Waals surface area contributed by atoms with Gasteiger partial charge in [-0.2, -0.15) is 0 Å². The highest BCUT2D eigenvalue weighted by atomic mass is 32.2. The van der Waals surface area contributed by atoms with Gasteiger partial charge in [0.25, 0.3) is 5.91 Å². The molecule has 2 N–H and O–H groups in total. The van der Waals surface area contributed by atoms with E-state index in [0.29, 0.717) is 5.69 Å². The highest BCUT2D eigenvalue weighted by Crippen LogP contribution is 2.36. The number of methoxy groups -OCH3 is 1. The van der Waals surface area contributed by atoms with Crippen LogP contribution in [0.25, 0.3) is 0 Å². The summed E-state index contributed by atoms with van der Waals surface area (Å²) >= 11 is 1.27. The Kier molecular flexibility index (Phi) is 6.50. The van der Waals surface area contributed by atoms with Gasteiger partial charge in [-0.25, -0.2) is 4.79 Å². The molecule has 0 saturated heterocycles. The standard InChI is InChI=1S/C20H18N2O6S/c1-27-20(26)12-6-2-3-7-13(12)21-17(23)11-28-18(24)10-16-19(25)22-14-8-4-5-9-15(14)29-16/h2-9,16H,10-11H2,1H3,(H,21,23)(H,22,25)/t16-/m0/s1. The molecule has 1 atom stereocenters. The number of carbonyl (C=O) groups excluding carboxylic acids is 4. The summed E-state index contributed by atoms with van der Waals surface area (Å²) in [5.74, 6) is -2.17. The van der Waals surface area contributed by atoms with Gasteiger partial charge in [0, 0.05) is 4.90 Å². The first-order valence-corrected chi connectivity index (χ1v) is 9.55. The van der Waals surface area contributed by atoms with Crippen LogP contribution in [0.4, 0.5) is 11.4 Å². The van der Waals surface area contributed by atoms with Crippen molar-refractivity contribution in [3.05, 3.63) is 54.1 Å². The predicted molar refractivity (Wildman–Crippen MR) is 107 cm³/mol. The third-order valence-corrected chi connectivity index (χ3v) is 5.30. The molecule has 29 heavy (non-hydrogen) atoms. The fourth-order valence-corrected chi connectivity index (χ4v) is 3.74. The molecule has 0 radical (unpaired) electrons. The fourth-order valence-electron chi connectivity index (χ4n) is 2.65. The Bertz CT molecular complexity index is 961. The van der Waals surface area contributed by atoms with Gasteiger partial charge < -0.3 is 20.1 Å². The first kappa shape index (κ1) is 20.4. The molecule has 0 aromatic heterocycles. The summed E-state index contributed by atoms with van der Waals surface area (Å²) in [6, 6.07) is 13.6. The number of benzene rings is 2. The number of ether oxygens (including phenoxy) is 2. The van der Waals surface area contributed by atoms with E-state index in [-0.39, 0.29) is 23.6 Å². The Hall–Kier alpha value is -3.33. The smallest absolute Gasteiger partial charge is 0.339 e. The van der Waals surface area contributed by atoms with Crippen molar-refractivity contribution in [3.63, 3.8) is 0 Å². The molecule has 1 aliphatic rings. The molecule has 0 saturated carbocycles. The van der Waals surface area contributed by atoms with Gasteiger partial charge in [-0.1, -0.05) is 24.3 Å². The summed E-state index contributed by atoms with van der Waals surface area (Å²) < 4.78 is 9.64. The quantitative estimate of drug-likeness (QED) is 0.699. The highest BCUT2D eigenvalue weighted by Gasteiger charge is 2.29. The Morgan fingerprint density at radius 2 is 1.83 bits per heavy atom. The van der Waals surface area contributed by atoms with Crippen molar-refractivity contribution < 1.29 is 28.7 Å². The van der Waals surface area contributed by atoms with E-state index in [9.17, 15) is 19.2 Å². The molecule has 0 bridgehead atoms. The number of anilines is 2. The van der Waals surface area contributed by atoms with Crippen molar-refractivity contribution in [2.75, 3.05) is 24.4 Å². The number of hydrogen-bond acceptors (Lipinski definition) is 7. The van der Waals surface area contributed by atoms with Gasteiger partial charge in [-0.05, 0) is 24.3 Å². The van der Waals surface area contributed by atoms with E-state index in [2.05, 4.69) is 15.4 Å². The zero-order valence-corrected chi connectivity index (χ0v) is 16.3. The van der Waals surface area contributed by atoms with E-state index < -0.39 is 29.7 Å². The molecule has 2 aromatic carbocycles. The third-order valence-electron chi connectivity index (χ3n) is 4.03. The molecule has 1 heterocycles. The Morgan fingerprint density at radius 1 is 1.10 bits per heavy atom. The van der Waals surface area contributed by atoms with E-state index in [1.165, 1.54) is 31.0 Å². The topological polar surface area (TPSA) is 111 Å². The lowest BCUT2D eigenvalue weighted by atomic mass is 10.2. The first-order valence-electron chi connectivity index (χ1n) is 8.67. The second-order valence-electron chi connectivity index (χ2n) is 6.04. The molecule has 150 valence electrons. The number of esters is 2. The summed E-state index contributed by atoms with van der Waals surface area (Å²) in [6.07, 6.45) is -0.170. The molecule has 2 amide bonds. The third kappa shape index (κ3) is 5.14. The Labute approximate surface area is 170 Å². The molecular weight excluding hydrogens is 396 g/mol. The largest absolute Gasteiger partial charge is 0.465 e. The van der Waals surface area contributed by atoms with Gasteiger partial charge in [0.15, 0.2) is 6.61 Å². The highest BCUT2D eigenvalue weighted by molar-refractivity contribution is 8.01. The summed E-state index contributed by atoms with van der Waals surface area (Å²) in [5.41, 5.74) is 1.14. The number of fused-ring (bicyclic) bond motifs is 1. The second kappa shape index (κ2) is 9.24. The first-order chi connectivity index (χ1) is 14.0. The van der Waals surface area contributed by atoms with Crippen molar-refractivity contribution in [1.82, 2.24) is 0 Å². The van der Waals surface area contributed by atoms with Crippen LogP contribution in [0.15, 0.2) is 53.4 Å². The van der Waals surface area contributed by atoms with Crippen molar-refractivity contribution >= 4 is 46.9 Å². The molecule has 3 rings (SSSR count). The number of hydrogen-bond donors (Lipinski definition) is 2. The number of thioether (sulfide) groups is 1. The molecule has 0 unspecified atom stereocenters. The van der Waals surface area contributed by atoms with E-state index in [0.717, 1.165) is 4.90 Å². The van der Waals surface area contributed by atoms with Crippen molar-refractivity contribution in [1.29, 1.82) is 0 Å². The van der Waals surface area contributed by atoms with Crippen molar-refractivity contribution in [3.8, 4) is 0 Å². The molecule has 1 aliphatic heterocycles. The van der Waals surface area contributed by atoms with Crippen LogP contribution < -0.4 is 10.6 Å². The van der Waals surface area contributed by atoms with Crippen LogP contribution in [0, 0.1) is 0 Å². The van der Waals surface area contributed by atoms with Gasteiger partial charge >= 0.3 is 11.9 Å². The van der Waals surface area contributed by atoms with Crippen LogP contribution in [-0.4, -0.2) is 42.7 Å². The lowest BCUT2D eigenvalue weighted by Gasteiger charge is -2.23. The number of nitrogens with one attached hydrogen (secondary N) is 2. The minimum atomic E-state index is -0.673. The minimum absolute atomic E-state index is 0.170. The van der Waals surface area contributed by atoms with Gasteiger partial charge in [0.1, 0.15) is 0 Å². The monoisotopic (exact) mass is 414 g/mol. The molecule has 0 aliphatic carbocycles. The van der Waals surface area contributed by atoms with Crippen molar-refractivity contribution in [2.24, 2.45) is 0 Å². The van der Waals surface area contributed by atoms with Gasteiger partial charge in [0.2, 0.25) is 5.91 Å². The molecule has 9 heteroatoms. The summed E-state index contributed by atoms with van der Waals surface area (Å²) in [7, 11) is 1.24. The predicted octanol–water partition coefficient (Wildman–Crippen LogP) is 2.46. The Morgan fingerprint density at radius 3 is 2.62 bits per heavy atom. The van der Waals surface area contributed by atoms with Crippen LogP contribution in [0.2, 0.25) is 0 Å². The molecule has 8 nitrogen and oxygen atoms in total.